The van der Waals surface area contributed by atoms with Crippen molar-refractivity contribution in [1.29, 1.82) is 0 Å². The number of ether oxygens (including phenoxy) is 1. The minimum absolute atomic E-state index is 0.000572. The Balaban J connectivity index is 1.96. The molecule has 10 heteroatoms. The predicted molar refractivity (Wildman–Crippen MR) is 112 cm³/mol. The van der Waals surface area contributed by atoms with Crippen LogP contribution in [0.3, 0.4) is 0 Å². The number of anilines is 1. The first-order valence-electron chi connectivity index (χ1n) is 9.40. The summed E-state index contributed by atoms with van der Waals surface area (Å²) >= 11 is 0. The molecule has 1 heterocycles. The predicted octanol–water partition coefficient (Wildman–Crippen LogP) is 2.59. The van der Waals surface area contributed by atoms with Gasteiger partial charge in [-0.15, -0.1) is 0 Å². The van der Waals surface area contributed by atoms with Gasteiger partial charge in [0, 0.05) is 23.1 Å². The highest BCUT2D eigenvalue weighted by molar-refractivity contribution is 6.03. The fourth-order valence-electron chi connectivity index (χ4n) is 3.96. The zero-order chi connectivity index (χ0) is 23.3. The Labute approximate surface area is 180 Å². The molecule has 0 amide bonds. The molecule has 1 aliphatic heterocycles. The lowest BCUT2D eigenvalue weighted by Gasteiger charge is -2.29. The number of carboxylic acid groups (broad SMARTS) is 1. The van der Waals surface area contributed by atoms with Gasteiger partial charge in [0.05, 0.1) is 12.2 Å². The second kappa shape index (κ2) is 7.34. The van der Waals surface area contributed by atoms with E-state index in [4.69, 9.17) is 10.5 Å². The minimum atomic E-state index is -1.51. The zero-order valence-corrected chi connectivity index (χ0v) is 16.4. The second-order valence-electron chi connectivity index (χ2n) is 7.45. The van der Waals surface area contributed by atoms with Crippen LogP contribution in [0.5, 0.6) is 40.2 Å². The lowest BCUT2D eigenvalue weighted by molar-refractivity contribution is 0.0694. The highest BCUT2D eigenvalue weighted by atomic mass is 16.5. The van der Waals surface area contributed by atoms with Crippen LogP contribution in [-0.4, -0.2) is 48.3 Å². The third kappa shape index (κ3) is 3.18. The molecule has 0 bridgehead atoms. The van der Waals surface area contributed by atoms with Crippen LogP contribution < -0.4 is 10.5 Å². The Kier molecular flexibility index (Phi) is 4.77. The standard InChI is InChI=1S/C22H19NO9/c23-18-20(28)15(9-4-12(25)19(27)13(26)5-9)17(22(30)31)16(21(18)29)10-3-8-1-2-11(24)6-14(8)32-7-10/h1-2,4-6,10,24-29H,3,7,23H2,(H,30,31). The SMILES string of the molecule is Nc1c(O)c(-c2cc(O)c(O)c(O)c2)c(C(=O)O)c(C2COc3cc(O)ccc3C2)c1O. The van der Waals surface area contributed by atoms with Crippen molar-refractivity contribution in [3.8, 4) is 51.4 Å². The maximum atomic E-state index is 12.3. The molecule has 0 spiro atoms. The summed E-state index contributed by atoms with van der Waals surface area (Å²) in [5.74, 6) is -5.52. The van der Waals surface area contributed by atoms with Crippen LogP contribution in [0.2, 0.25) is 0 Å². The van der Waals surface area contributed by atoms with Gasteiger partial charge in [-0.1, -0.05) is 6.07 Å². The van der Waals surface area contributed by atoms with E-state index in [1.807, 2.05) is 0 Å². The van der Waals surface area contributed by atoms with Crippen molar-refractivity contribution in [2.75, 3.05) is 12.3 Å². The van der Waals surface area contributed by atoms with E-state index in [0.29, 0.717) is 11.3 Å². The van der Waals surface area contributed by atoms with E-state index in [1.165, 1.54) is 12.1 Å². The average molecular weight is 441 g/mol. The number of hydrogen-bond acceptors (Lipinski definition) is 9. The van der Waals surface area contributed by atoms with Gasteiger partial charge in [-0.25, -0.2) is 4.79 Å². The number of phenols is 6. The first kappa shape index (κ1) is 20.8. The van der Waals surface area contributed by atoms with Crippen molar-refractivity contribution in [2.24, 2.45) is 0 Å². The molecule has 3 aromatic rings. The summed E-state index contributed by atoms with van der Waals surface area (Å²) in [5.41, 5.74) is 4.92. The topological polar surface area (TPSA) is 194 Å². The van der Waals surface area contributed by atoms with Crippen molar-refractivity contribution in [1.82, 2.24) is 0 Å². The summed E-state index contributed by atoms with van der Waals surface area (Å²) in [5, 5.41) is 70.3. The molecular formula is C22H19NO9. The number of aromatic carboxylic acids is 1. The van der Waals surface area contributed by atoms with Crippen LogP contribution >= 0.6 is 0 Å². The Morgan fingerprint density at radius 2 is 1.59 bits per heavy atom. The second-order valence-corrected chi connectivity index (χ2v) is 7.45. The summed E-state index contributed by atoms with van der Waals surface area (Å²) in [6.07, 6.45) is 0.235. The molecule has 0 aliphatic carbocycles. The molecule has 1 aliphatic rings. The van der Waals surface area contributed by atoms with E-state index >= 15 is 0 Å². The summed E-state index contributed by atoms with van der Waals surface area (Å²) in [7, 11) is 0. The average Bonchev–Trinajstić information content (AvgIpc) is 2.74. The molecule has 166 valence electrons. The van der Waals surface area contributed by atoms with Crippen molar-refractivity contribution >= 4 is 11.7 Å². The maximum absolute atomic E-state index is 12.3. The number of rotatable bonds is 3. The van der Waals surface area contributed by atoms with Crippen molar-refractivity contribution in [3.63, 3.8) is 0 Å². The molecule has 3 aromatic carbocycles. The van der Waals surface area contributed by atoms with Crippen LogP contribution in [0.1, 0.15) is 27.4 Å². The Morgan fingerprint density at radius 1 is 0.938 bits per heavy atom. The Morgan fingerprint density at radius 3 is 2.22 bits per heavy atom. The Bertz CT molecular complexity index is 1250. The highest BCUT2D eigenvalue weighted by Crippen LogP contribution is 2.51. The zero-order valence-electron chi connectivity index (χ0n) is 16.4. The molecule has 10 nitrogen and oxygen atoms in total. The summed E-state index contributed by atoms with van der Waals surface area (Å²) in [4.78, 5) is 12.3. The van der Waals surface area contributed by atoms with E-state index in [9.17, 15) is 40.5 Å². The van der Waals surface area contributed by atoms with E-state index < -0.39 is 51.9 Å². The van der Waals surface area contributed by atoms with Crippen molar-refractivity contribution in [3.05, 3.63) is 47.0 Å². The largest absolute Gasteiger partial charge is 0.508 e. The van der Waals surface area contributed by atoms with Gasteiger partial charge in [-0.3, -0.25) is 0 Å². The minimum Gasteiger partial charge on any atom is -0.508 e. The number of hydrogen-bond donors (Lipinski definition) is 8. The third-order valence-corrected chi connectivity index (χ3v) is 5.46. The molecule has 0 saturated heterocycles. The molecule has 4 rings (SSSR count). The van der Waals surface area contributed by atoms with Crippen LogP contribution in [0, 0.1) is 0 Å². The number of nitrogens with two attached hydrogens (primary N) is 1. The smallest absolute Gasteiger partial charge is 0.336 e. The van der Waals surface area contributed by atoms with Gasteiger partial charge in [0.2, 0.25) is 0 Å². The van der Waals surface area contributed by atoms with Crippen LogP contribution in [0.15, 0.2) is 30.3 Å². The van der Waals surface area contributed by atoms with Gasteiger partial charge >= 0.3 is 5.97 Å². The van der Waals surface area contributed by atoms with Gasteiger partial charge in [-0.05, 0) is 35.7 Å². The van der Waals surface area contributed by atoms with Crippen LogP contribution in [0.25, 0.3) is 11.1 Å². The van der Waals surface area contributed by atoms with Gasteiger partial charge in [0.25, 0.3) is 0 Å². The van der Waals surface area contributed by atoms with E-state index in [-0.39, 0.29) is 35.5 Å². The molecule has 1 atom stereocenters. The van der Waals surface area contributed by atoms with E-state index in [1.54, 1.807) is 6.07 Å². The van der Waals surface area contributed by atoms with Gasteiger partial charge < -0.3 is 46.2 Å². The number of aromatic hydroxyl groups is 6. The number of carboxylic acids is 1. The van der Waals surface area contributed by atoms with Gasteiger partial charge in [0.15, 0.2) is 23.0 Å². The first-order chi connectivity index (χ1) is 15.1. The van der Waals surface area contributed by atoms with E-state index in [0.717, 1.165) is 12.1 Å². The lowest BCUT2D eigenvalue weighted by Crippen LogP contribution is -2.22. The monoisotopic (exact) mass is 441 g/mol. The molecule has 9 N–H and O–H groups in total. The number of carbonyl (C=O) groups is 1. The number of fused-ring (bicyclic) bond motifs is 1. The molecule has 0 radical (unpaired) electrons. The number of nitrogen functional groups attached to an aromatic ring is 1. The van der Waals surface area contributed by atoms with E-state index in [2.05, 4.69) is 0 Å². The number of benzene rings is 3. The molecular weight excluding hydrogens is 422 g/mol. The summed E-state index contributed by atoms with van der Waals surface area (Å²) in [6.45, 7) is -0.0555. The molecule has 0 saturated carbocycles. The molecule has 0 aromatic heterocycles. The highest BCUT2D eigenvalue weighted by Gasteiger charge is 2.34. The fourth-order valence-corrected chi connectivity index (χ4v) is 3.96. The molecule has 0 fully saturated rings. The van der Waals surface area contributed by atoms with Crippen molar-refractivity contribution in [2.45, 2.75) is 12.3 Å². The number of phenolic OH excluding ortho intramolecular Hbond substituents is 6. The summed E-state index contributed by atoms with van der Waals surface area (Å²) < 4.78 is 5.65. The molecule has 32 heavy (non-hydrogen) atoms. The maximum Gasteiger partial charge on any atom is 0.336 e. The Hall–Kier alpha value is -4.47. The van der Waals surface area contributed by atoms with Crippen LogP contribution in [-0.2, 0) is 6.42 Å². The quantitative estimate of drug-likeness (QED) is 0.221. The normalized spacial score (nSPS) is 15.1. The van der Waals surface area contributed by atoms with Crippen LogP contribution in [0.4, 0.5) is 5.69 Å². The van der Waals surface area contributed by atoms with Gasteiger partial charge in [-0.2, -0.15) is 0 Å². The van der Waals surface area contributed by atoms with Gasteiger partial charge in [0.1, 0.15) is 22.9 Å². The first-order valence-corrected chi connectivity index (χ1v) is 9.40. The molecule has 1 unspecified atom stereocenters. The fraction of sp³-hybridized carbons (Fsp3) is 0.136. The lowest BCUT2D eigenvalue weighted by atomic mass is 9.82. The summed E-state index contributed by atoms with van der Waals surface area (Å²) in [6, 6.07) is 6.37. The third-order valence-electron chi connectivity index (χ3n) is 5.46. The van der Waals surface area contributed by atoms with Crippen molar-refractivity contribution < 1.29 is 45.3 Å².